The average molecular weight is 573 g/mol. The minimum absolute atomic E-state index is 0.0820. The van der Waals surface area contributed by atoms with Gasteiger partial charge in [-0.3, -0.25) is 0 Å². The average Bonchev–Trinajstić information content (AvgIpc) is 3.70. The molecule has 0 heterocycles. The van der Waals surface area contributed by atoms with Crippen LogP contribution in [0.4, 0.5) is 0 Å². The Hall–Kier alpha value is -5.20. The van der Waals surface area contributed by atoms with Gasteiger partial charge >= 0.3 is 0 Å². The summed E-state index contributed by atoms with van der Waals surface area (Å²) in [6.07, 6.45) is 5.03. The highest BCUT2D eigenvalue weighted by molar-refractivity contribution is 6.05. The van der Waals surface area contributed by atoms with E-state index >= 15 is 0 Å². The number of benzene rings is 8. The third kappa shape index (κ3) is 3.66. The zero-order chi connectivity index (χ0) is 29.5. The van der Waals surface area contributed by atoms with E-state index in [0.29, 0.717) is 0 Å². The van der Waals surface area contributed by atoms with Crippen molar-refractivity contribution in [2.24, 2.45) is 0 Å². The largest absolute Gasteiger partial charge is 0.0616 e. The Kier molecular flexibility index (Phi) is 5.26. The summed E-state index contributed by atoms with van der Waals surface area (Å²) >= 11 is 0. The van der Waals surface area contributed by atoms with Crippen molar-refractivity contribution in [3.05, 3.63) is 157 Å². The molecule has 0 heteroatoms. The van der Waals surface area contributed by atoms with E-state index in [2.05, 4.69) is 146 Å². The van der Waals surface area contributed by atoms with Crippen molar-refractivity contribution in [3.8, 4) is 33.4 Å². The van der Waals surface area contributed by atoms with E-state index in [4.69, 9.17) is 0 Å². The molecular weight excluding hydrogens is 540 g/mol. The van der Waals surface area contributed by atoms with E-state index in [9.17, 15) is 0 Å². The van der Waals surface area contributed by atoms with Crippen LogP contribution in [0.3, 0.4) is 0 Å². The lowest BCUT2D eigenvalue weighted by molar-refractivity contribution is 0.559. The Balaban J connectivity index is 1.13. The Morgan fingerprint density at radius 3 is 1.18 bits per heavy atom. The molecular formula is C45H32. The smallest absolute Gasteiger partial charge is 0.0227 e. The predicted molar refractivity (Wildman–Crippen MR) is 192 cm³/mol. The van der Waals surface area contributed by atoms with Gasteiger partial charge in [-0.2, -0.15) is 0 Å². The van der Waals surface area contributed by atoms with Crippen LogP contribution in [0.15, 0.2) is 146 Å². The second-order valence-electron chi connectivity index (χ2n) is 13.3. The number of hydrogen-bond donors (Lipinski definition) is 0. The minimum Gasteiger partial charge on any atom is -0.0616 e. The molecule has 1 saturated carbocycles. The van der Waals surface area contributed by atoms with Gasteiger partial charge in [0.25, 0.3) is 0 Å². The summed E-state index contributed by atoms with van der Waals surface area (Å²) < 4.78 is 0. The molecule has 0 saturated heterocycles. The maximum absolute atomic E-state index is 2.42. The third-order valence-electron chi connectivity index (χ3n) is 10.9. The SMILES string of the molecule is c1ccc2cc(-c3ccc4c5c(ccc4c3)-c3ccc4cc(-c6ccc7ccccc7c6)ccc4c3C53CCCC3)ccc2c1. The summed E-state index contributed by atoms with van der Waals surface area (Å²) in [5, 5.41) is 10.7. The highest BCUT2D eigenvalue weighted by Crippen LogP contribution is 2.60. The van der Waals surface area contributed by atoms with Crippen LogP contribution in [0.1, 0.15) is 36.8 Å². The molecule has 0 nitrogen and oxygen atoms in total. The van der Waals surface area contributed by atoms with Crippen LogP contribution >= 0.6 is 0 Å². The molecule has 0 radical (unpaired) electrons. The topological polar surface area (TPSA) is 0 Å². The van der Waals surface area contributed by atoms with E-state index in [0.717, 1.165) is 0 Å². The van der Waals surface area contributed by atoms with Crippen molar-refractivity contribution < 1.29 is 0 Å². The van der Waals surface area contributed by atoms with E-state index in [-0.39, 0.29) is 5.41 Å². The Morgan fingerprint density at radius 2 is 0.711 bits per heavy atom. The fourth-order valence-electron chi connectivity index (χ4n) is 8.84. The molecule has 1 fully saturated rings. The molecule has 2 aliphatic carbocycles. The molecule has 0 aliphatic heterocycles. The van der Waals surface area contributed by atoms with Crippen molar-refractivity contribution in [3.63, 3.8) is 0 Å². The lowest BCUT2D eigenvalue weighted by Crippen LogP contribution is -2.21. The number of hydrogen-bond acceptors (Lipinski definition) is 0. The van der Waals surface area contributed by atoms with Crippen molar-refractivity contribution >= 4 is 43.1 Å². The van der Waals surface area contributed by atoms with Gasteiger partial charge in [-0.15, -0.1) is 0 Å². The first-order valence-corrected chi connectivity index (χ1v) is 16.4. The van der Waals surface area contributed by atoms with Crippen LogP contribution in [0.2, 0.25) is 0 Å². The normalized spacial score (nSPS) is 14.9. The fourth-order valence-corrected chi connectivity index (χ4v) is 8.84. The quantitative estimate of drug-likeness (QED) is 0.193. The Bertz CT molecular complexity index is 2320. The van der Waals surface area contributed by atoms with Crippen LogP contribution in [-0.4, -0.2) is 0 Å². The van der Waals surface area contributed by atoms with Gasteiger partial charge in [0.15, 0.2) is 0 Å². The minimum atomic E-state index is 0.0820. The molecule has 10 rings (SSSR count). The van der Waals surface area contributed by atoms with Gasteiger partial charge in [-0.25, -0.2) is 0 Å². The van der Waals surface area contributed by atoms with Crippen LogP contribution in [0.5, 0.6) is 0 Å². The van der Waals surface area contributed by atoms with Gasteiger partial charge < -0.3 is 0 Å². The lowest BCUT2D eigenvalue weighted by atomic mass is 9.73. The molecule has 0 atom stereocenters. The molecule has 0 bridgehead atoms. The second-order valence-corrected chi connectivity index (χ2v) is 13.3. The molecule has 0 unspecified atom stereocenters. The van der Waals surface area contributed by atoms with Gasteiger partial charge in [0.1, 0.15) is 0 Å². The predicted octanol–water partition coefficient (Wildman–Crippen LogP) is 12.5. The highest BCUT2D eigenvalue weighted by Gasteiger charge is 2.46. The van der Waals surface area contributed by atoms with E-state index in [1.54, 1.807) is 11.1 Å². The monoisotopic (exact) mass is 572 g/mol. The van der Waals surface area contributed by atoms with Crippen molar-refractivity contribution in [2.75, 3.05) is 0 Å². The molecule has 1 spiro atoms. The molecule has 0 aromatic heterocycles. The first-order chi connectivity index (χ1) is 22.2. The summed E-state index contributed by atoms with van der Waals surface area (Å²) in [4.78, 5) is 0. The van der Waals surface area contributed by atoms with Gasteiger partial charge in [0.05, 0.1) is 0 Å². The zero-order valence-corrected chi connectivity index (χ0v) is 25.2. The molecule has 0 N–H and O–H groups in total. The summed E-state index contributed by atoms with van der Waals surface area (Å²) in [7, 11) is 0. The maximum atomic E-state index is 2.42. The first-order valence-electron chi connectivity index (χ1n) is 16.4. The standard InChI is InChI=1S/C45H32/c1-3-9-31-25-33(13-11-29(31)7-1)35-15-19-39-37(27-35)17-21-41-42-22-18-38-28-36(34-14-12-30-8-2-4-10-32(30)26-34)16-20-40(38)44(42)45(43(39)41)23-5-6-24-45/h1-4,7-22,25-28H,5-6,23-24H2. The molecule has 45 heavy (non-hydrogen) atoms. The van der Waals surface area contributed by atoms with Crippen molar-refractivity contribution in [1.29, 1.82) is 0 Å². The van der Waals surface area contributed by atoms with Gasteiger partial charge in [-0.1, -0.05) is 134 Å². The summed E-state index contributed by atoms with van der Waals surface area (Å²) in [6.45, 7) is 0. The fraction of sp³-hybridized carbons (Fsp3) is 0.111. The Labute approximate surface area is 263 Å². The van der Waals surface area contributed by atoms with Gasteiger partial charge in [-0.05, 0) is 125 Å². The van der Waals surface area contributed by atoms with Crippen LogP contribution in [0, 0.1) is 0 Å². The molecule has 212 valence electrons. The summed E-state index contributed by atoms with van der Waals surface area (Å²) in [5.74, 6) is 0. The summed E-state index contributed by atoms with van der Waals surface area (Å²) in [5.41, 5.74) is 11.3. The van der Waals surface area contributed by atoms with Crippen LogP contribution < -0.4 is 0 Å². The molecule has 8 aromatic carbocycles. The molecule has 8 aromatic rings. The third-order valence-corrected chi connectivity index (χ3v) is 10.9. The Morgan fingerprint density at radius 1 is 0.333 bits per heavy atom. The van der Waals surface area contributed by atoms with Crippen molar-refractivity contribution in [2.45, 2.75) is 31.1 Å². The molecule has 0 amide bonds. The van der Waals surface area contributed by atoms with Crippen LogP contribution in [0.25, 0.3) is 76.5 Å². The first kappa shape index (κ1) is 25.2. The second kappa shape index (κ2) is 9.40. The van der Waals surface area contributed by atoms with E-state index in [1.807, 2.05) is 0 Å². The highest BCUT2D eigenvalue weighted by atomic mass is 14.5. The number of rotatable bonds is 2. The summed E-state index contributed by atoms with van der Waals surface area (Å²) in [6, 6.07) is 54.9. The maximum Gasteiger partial charge on any atom is 0.0227 e. The molecule has 2 aliphatic rings. The zero-order valence-electron chi connectivity index (χ0n) is 25.2. The lowest BCUT2D eigenvalue weighted by Gasteiger charge is -2.29. The van der Waals surface area contributed by atoms with Crippen molar-refractivity contribution in [1.82, 2.24) is 0 Å². The van der Waals surface area contributed by atoms with Gasteiger partial charge in [0.2, 0.25) is 0 Å². The van der Waals surface area contributed by atoms with Gasteiger partial charge in [0, 0.05) is 5.41 Å². The van der Waals surface area contributed by atoms with E-state index in [1.165, 1.54) is 102 Å². The number of fused-ring (bicyclic) bond motifs is 11. The van der Waals surface area contributed by atoms with Crippen LogP contribution in [-0.2, 0) is 5.41 Å². The van der Waals surface area contributed by atoms with E-state index < -0.39 is 0 Å².